The monoisotopic (exact) mass is 235 g/mol. The average molecular weight is 235 g/mol. The van der Waals surface area contributed by atoms with E-state index in [1.807, 2.05) is 17.8 Å². The standard InChI is InChI=1S/C13H21N3O/c1-4-13(2,16-8-5-6-9-16)11(17)12-14-7-10-15(12)3/h7,10H,4-6,8-9H2,1-3H3. The number of likely N-dealkylation sites (tertiary alicyclic amines) is 1. The molecule has 1 saturated heterocycles. The Bertz CT molecular complexity index is 407. The molecule has 0 bridgehead atoms. The molecule has 1 aromatic heterocycles. The molecule has 1 aliphatic rings. The minimum Gasteiger partial charge on any atom is -0.332 e. The second-order valence-corrected chi connectivity index (χ2v) is 5.01. The van der Waals surface area contributed by atoms with Gasteiger partial charge < -0.3 is 4.57 Å². The lowest BCUT2D eigenvalue weighted by atomic mass is 9.90. The number of imidazole rings is 1. The van der Waals surface area contributed by atoms with E-state index in [0.29, 0.717) is 5.82 Å². The predicted molar refractivity (Wildman–Crippen MR) is 67.0 cm³/mol. The molecular weight excluding hydrogens is 214 g/mol. The Balaban J connectivity index is 2.28. The third-order valence-corrected chi connectivity index (χ3v) is 4.01. The molecule has 0 amide bonds. The molecule has 1 atom stereocenters. The van der Waals surface area contributed by atoms with Gasteiger partial charge in [0.2, 0.25) is 5.78 Å². The molecule has 1 fully saturated rings. The summed E-state index contributed by atoms with van der Waals surface area (Å²) in [6, 6.07) is 0. The summed E-state index contributed by atoms with van der Waals surface area (Å²) in [5.41, 5.74) is -0.393. The van der Waals surface area contributed by atoms with E-state index in [0.717, 1.165) is 19.5 Å². The van der Waals surface area contributed by atoms with Gasteiger partial charge in [-0.3, -0.25) is 9.69 Å². The maximum absolute atomic E-state index is 12.6. The summed E-state index contributed by atoms with van der Waals surface area (Å²) in [6.07, 6.45) is 6.74. The van der Waals surface area contributed by atoms with Crippen LogP contribution in [0, 0.1) is 0 Å². The molecule has 17 heavy (non-hydrogen) atoms. The number of hydrogen-bond donors (Lipinski definition) is 0. The lowest BCUT2D eigenvalue weighted by Crippen LogP contribution is -2.51. The Morgan fingerprint density at radius 3 is 2.59 bits per heavy atom. The largest absolute Gasteiger partial charge is 0.332 e. The van der Waals surface area contributed by atoms with Crippen LogP contribution in [0.2, 0.25) is 0 Å². The quantitative estimate of drug-likeness (QED) is 0.748. The molecule has 1 aromatic rings. The number of aryl methyl sites for hydroxylation is 1. The zero-order valence-corrected chi connectivity index (χ0v) is 10.9. The number of carbonyl (C=O) groups excluding carboxylic acids is 1. The normalized spacial score (nSPS) is 20.4. The molecule has 2 rings (SSSR count). The summed E-state index contributed by atoms with van der Waals surface area (Å²) >= 11 is 0. The molecule has 0 aliphatic carbocycles. The van der Waals surface area contributed by atoms with Gasteiger partial charge in [0.1, 0.15) is 0 Å². The van der Waals surface area contributed by atoms with Crippen molar-refractivity contribution < 1.29 is 4.79 Å². The van der Waals surface area contributed by atoms with E-state index in [4.69, 9.17) is 0 Å². The maximum atomic E-state index is 12.6. The van der Waals surface area contributed by atoms with Gasteiger partial charge in [-0.05, 0) is 39.3 Å². The summed E-state index contributed by atoms with van der Waals surface area (Å²) in [5, 5.41) is 0. The second kappa shape index (κ2) is 4.61. The Morgan fingerprint density at radius 2 is 2.12 bits per heavy atom. The van der Waals surface area contributed by atoms with Gasteiger partial charge in [-0.1, -0.05) is 6.92 Å². The van der Waals surface area contributed by atoms with E-state index in [9.17, 15) is 4.79 Å². The first-order valence-corrected chi connectivity index (χ1v) is 6.37. The molecule has 0 N–H and O–H groups in total. The number of nitrogens with zero attached hydrogens (tertiary/aromatic N) is 3. The fraction of sp³-hybridized carbons (Fsp3) is 0.692. The molecule has 0 radical (unpaired) electrons. The van der Waals surface area contributed by atoms with E-state index in [1.54, 1.807) is 6.20 Å². The molecule has 2 heterocycles. The van der Waals surface area contributed by atoms with Crippen molar-refractivity contribution in [3.63, 3.8) is 0 Å². The van der Waals surface area contributed by atoms with Crippen LogP contribution in [0.3, 0.4) is 0 Å². The van der Waals surface area contributed by atoms with E-state index in [1.165, 1.54) is 12.8 Å². The first-order chi connectivity index (χ1) is 8.09. The fourth-order valence-electron chi connectivity index (χ4n) is 2.56. The maximum Gasteiger partial charge on any atom is 0.218 e. The highest BCUT2D eigenvalue weighted by Gasteiger charge is 2.40. The van der Waals surface area contributed by atoms with Gasteiger partial charge in [0.15, 0.2) is 5.82 Å². The lowest BCUT2D eigenvalue weighted by molar-refractivity contribution is 0.0632. The van der Waals surface area contributed by atoms with Crippen LogP contribution in [0.25, 0.3) is 0 Å². The topological polar surface area (TPSA) is 38.1 Å². The van der Waals surface area contributed by atoms with Crippen LogP contribution in [0.4, 0.5) is 0 Å². The Morgan fingerprint density at radius 1 is 1.47 bits per heavy atom. The number of aromatic nitrogens is 2. The molecule has 94 valence electrons. The Labute approximate surface area is 103 Å². The number of hydrogen-bond acceptors (Lipinski definition) is 3. The van der Waals surface area contributed by atoms with Crippen LogP contribution < -0.4 is 0 Å². The van der Waals surface area contributed by atoms with Crippen molar-refractivity contribution in [3.05, 3.63) is 18.2 Å². The van der Waals surface area contributed by atoms with E-state index in [2.05, 4.69) is 23.7 Å². The summed E-state index contributed by atoms with van der Waals surface area (Å²) in [7, 11) is 1.88. The average Bonchev–Trinajstić information content (AvgIpc) is 2.97. The van der Waals surface area contributed by atoms with Gasteiger partial charge in [-0.2, -0.15) is 0 Å². The van der Waals surface area contributed by atoms with E-state index >= 15 is 0 Å². The van der Waals surface area contributed by atoms with E-state index < -0.39 is 5.54 Å². The number of carbonyl (C=O) groups is 1. The van der Waals surface area contributed by atoms with Gasteiger partial charge in [-0.25, -0.2) is 4.98 Å². The van der Waals surface area contributed by atoms with Crippen LogP contribution in [0.5, 0.6) is 0 Å². The highest BCUT2D eigenvalue weighted by atomic mass is 16.1. The highest BCUT2D eigenvalue weighted by Crippen LogP contribution is 2.27. The number of ketones is 1. The van der Waals surface area contributed by atoms with Gasteiger partial charge in [0, 0.05) is 19.4 Å². The Hall–Kier alpha value is -1.16. The van der Waals surface area contributed by atoms with Crippen molar-refractivity contribution in [3.8, 4) is 0 Å². The molecule has 0 saturated carbocycles. The first kappa shape index (κ1) is 12.3. The van der Waals surface area contributed by atoms with Crippen LogP contribution in [0.1, 0.15) is 43.7 Å². The third kappa shape index (κ3) is 2.02. The van der Waals surface area contributed by atoms with Crippen LogP contribution in [-0.2, 0) is 7.05 Å². The Kier molecular flexibility index (Phi) is 3.33. The molecule has 4 heteroatoms. The molecule has 1 unspecified atom stereocenters. The van der Waals surface area contributed by atoms with Crippen molar-refractivity contribution >= 4 is 5.78 Å². The zero-order chi connectivity index (χ0) is 12.5. The SMILES string of the molecule is CCC(C)(C(=O)c1nccn1C)N1CCCC1. The van der Waals surface area contributed by atoms with Crippen LogP contribution in [-0.4, -0.2) is 38.9 Å². The number of rotatable bonds is 4. The van der Waals surface area contributed by atoms with Crippen molar-refractivity contribution in [1.29, 1.82) is 0 Å². The zero-order valence-electron chi connectivity index (χ0n) is 10.9. The van der Waals surface area contributed by atoms with Gasteiger partial charge in [0.05, 0.1) is 5.54 Å². The van der Waals surface area contributed by atoms with Gasteiger partial charge in [0.25, 0.3) is 0 Å². The molecular formula is C13H21N3O. The van der Waals surface area contributed by atoms with Crippen molar-refractivity contribution in [1.82, 2.24) is 14.5 Å². The van der Waals surface area contributed by atoms with Crippen LogP contribution >= 0.6 is 0 Å². The van der Waals surface area contributed by atoms with Crippen molar-refractivity contribution in [2.45, 2.75) is 38.6 Å². The van der Waals surface area contributed by atoms with Crippen molar-refractivity contribution in [2.75, 3.05) is 13.1 Å². The van der Waals surface area contributed by atoms with E-state index in [-0.39, 0.29) is 5.78 Å². The minimum atomic E-state index is -0.393. The second-order valence-electron chi connectivity index (χ2n) is 5.01. The van der Waals surface area contributed by atoms with Gasteiger partial charge in [-0.15, -0.1) is 0 Å². The van der Waals surface area contributed by atoms with Crippen LogP contribution in [0.15, 0.2) is 12.4 Å². The minimum absolute atomic E-state index is 0.148. The highest BCUT2D eigenvalue weighted by molar-refractivity contribution is 6.00. The summed E-state index contributed by atoms with van der Waals surface area (Å²) in [6.45, 7) is 6.19. The first-order valence-electron chi connectivity index (χ1n) is 6.37. The number of Topliss-reactive ketones (excluding diaryl/α,β-unsaturated/α-hetero) is 1. The fourth-order valence-corrected chi connectivity index (χ4v) is 2.56. The lowest BCUT2D eigenvalue weighted by Gasteiger charge is -2.36. The molecule has 1 aliphatic heterocycles. The molecule has 0 spiro atoms. The van der Waals surface area contributed by atoms with Crippen molar-refractivity contribution in [2.24, 2.45) is 7.05 Å². The molecule has 0 aromatic carbocycles. The predicted octanol–water partition coefficient (Wildman–Crippen LogP) is 1.87. The molecule has 4 nitrogen and oxygen atoms in total. The van der Waals surface area contributed by atoms with Gasteiger partial charge >= 0.3 is 0 Å². The summed E-state index contributed by atoms with van der Waals surface area (Å²) < 4.78 is 1.81. The summed E-state index contributed by atoms with van der Waals surface area (Å²) in [5.74, 6) is 0.718. The summed E-state index contributed by atoms with van der Waals surface area (Å²) in [4.78, 5) is 19.1. The smallest absolute Gasteiger partial charge is 0.218 e. The third-order valence-electron chi connectivity index (χ3n) is 4.01.